The Bertz CT molecular complexity index is 643. The zero-order valence-electron chi connectivity index (χ0n) is 11.9. The summed E-state index contributed by atoms with van der Waals surface area (Å²) in [6.45, 7) is 3.24. The smallest absolute Gasteiger partial charge is 0.328 e. The largest absolute Gasteiger partial charge is 0.465 e. The van der Waals surface area contributed by atoms with Crippen LogP contribution in [-0.4, -0.2) is 37.5 Å². The predicted molar refractivity (Wildman–Crippen MR) is 75.9 cm³/mol. The van der Waals surface area contributed by atoms with Crippen LogP contribution >= 0.6 is 0 Å². The minimum absolute atomic E-state index is 0.117. The summed E-state index contributed by atoms with van der Waals surface area (Å²) >= 11 is 0. The third-order valence-electron chi connectivity index (χ3n) is 3.83. The Kier molecular flexibility index (Phi) is 4.08. The van der Waals surface area contributed by atoms with Crippen LogP contribution in [0.25, 0.3) is 0 Å². The molecule has 1 aromatic rings. The third-order valence-corrected chi connectivity index (χ3v) is 6.07. The first kappa shape index (κ1) is 15.9. The molecule has 116 valence electrons. The van der Waals surface area contributed by atoms with Crippen LogP contribution in [0.3, 0.4) is 0 Å². The Hall–Kier alpha value is -1.47. The Morgan fingerprint density at radius 2 is 1.90 bits per heavy atom. The van der Waals surface area contributed by atoms with Gasteiger partial charge in [0.2, 0.25) is 0 Å². The van der Waals surface area contributed by atoms with Crippen molar-refractivity contribution in [1.82, 2.24) is 0 Å². The number of benzene rings is 1. The van der Waals surface area contributed by atoms with Crippen LogP contribution in [0.1, 0.15) is 25.3 Å². The highest BCUT2D eigenvalue weighted by Crippen LogP contribution is 2.55. The quantitative estimate of drug-likeness (QED) is 0.819. The highest BCUT2D eigenvalue weighted by molar-refractivity contribution is 7.92. The highest BCUT2D eigenvalue weighted by Gasteiger charge is 2.74. The number of carbonyl (C=O) groups excluding carboxylic acids is 1. The zero-order valence-corrected chi connectivity index (χ0v) is 12.7. The fourth-order valence-corrected chi connectivity index (χ4v) is 4.59. The number of nitrogens with two attached hydrogens (primary N) is 1. The van der Waals surface area contributed by atoms with Crippen LogP contribution in [-0.2, 0) is 19.4 Å². The van der Waals surface area contributed by atoms with Gasteiger partial charge >= 0.3 is 5.97 Å². The van der Waals surface area contributed by atoms with Crippen LogP contribution < -0.4 is 5.73 Å². The second-order valence-electron chi connectivity index (χ2n) is 5.05. The maximum absolute atomic E-state index is 13.0. The van der Waals surface area contributed by atoms with E-state index in [2.05, 4.69) is 0 Å². The number of esters is 1. The third kappa shape index (κ3) is 2.55. The minimum atomic E-state index is -3.52. The van der Waals surface area contributed by atoms with Gasteiger partial charge in [0.15, 0.2) is 9.84 Å². The lowest BCUT2D eigenvalue weighted by atomic mass is 10.1. The monoisotopic (exact) mass is 315 g/mol. The summed E-state index contributed by atoms with van der Waals surface area (Å²) in [6.07, 6.45) is 0. The fourth-order valence-electron chi connectivity index (χ4n) is 2.68. The number of sulfone groups is 1. The molecule has 1 aliphatic carbocycles. The normalized spacial score (nSPS) is 28.2. The van der Waals surface area contributed by atoms with Crippen LogP contribution in [0, 0.1) is 5.82 Å². The molecule has 0 heterocycles. The first-order valence-corrected chi connectivity index (χ1v) is 8.43. The Balaban J connectivity index is 2.42. The molecule has 0 bridgehead atoms. The maximum Gasteiger partial charge on any atom is 0.328 e. The number of rotatable bonds is 5. The number of halogens is 1. The lowest BCUT2D eigenvalue weighted by Crippen LogP contribution is -2.41. The van der Waals surface area contributed by atoms with E-state index in [0.29, 0.717) is 5.56 Å². The van der Waals surface area contributed by atoms with Crippen molar-refractivity contribution in [2.45, 2.75) is 30.6 Å². The van der Waals surface area contributed by atoms with Crippen molar-refractivity contribution in [3.63, 3.8) is 0 Å². The molecule has 0 spiro atoms. The number of hydrogen-bond donors (Lipinski definition) is 1. The average Bonchev–Trinajstić information content (AvgIpc) is 3.09. The molecule has 0 radical (unpaired) electrons. The van der Waals surface area contributed by atoms with Gasteiger partial charge in [0, 0.05) is 11.7 Å². The summed E-state index contributed by atoms with van der Waals surface area (Å²) in [6, 6.07) is 5.34. The van der Waals surface area contributed by atoms with Crippen molar-refractivity contribution < 1.29 is 22.3 Å². The molecule has 2 rings (SSSR count). The number of carbonyl (C=O) groups is 1. The summed E-state index contributed by atoms with van der Waals surface area (Å²) in [4.78, 5) is 12.1. The predicted octanol–water partition coefficient (Wildman–Crippen LogP) is 0.987. The van der Waals surface area contributed by atoms with Gasteiger partial charge in [-0.1, -0.05) is 19.1 Å². The van der Waals surface area contributed by atoms with Gasteiger partial charge in [-0.25, -0.2) is 17.6 Å². The molecule has 0 aliphatic heterocycles. The molecule has 1 saturated carbocycles. The van der Waals surface area contributed by atoms with E-state index >= 15 is 0 Å². The Morgan fingerprint density at radius 3 is 2.38 bits per heavy atom. The molecule has 2 N–H and O–H groups in total. The molecule has 1 aliphatic rings. The molecule has 7 heteroatoms. The SMILES string of the molecule is CCOC(=O)[C@]1(N)[C@H](c2ccc(F)cc2)[C@H]1S(=O)(=O)CC. The maximum atomic E-state index is 13.0. The van der Waals surface area contributed by atoms with E-state index in [1.807, 2.05) is 0 Å². The van der Waals surface area contributed by atoms with E-state index in [1.54, 1.807) is 6.92 Å². The first-order chi connectivity index (χ1) is 9.79. The summed E-state index contributed by atoms with van der Waals surface area (Å²) in [7, 11) is -3.52. The lowest BCUT2D eigenvalue weighted by molar-refractivity contribution is -0.145. The molecule has 0 unspecified atom stereocenters. The second kappa shape index (κ2) is 5.38. The van der Waals surface area contributed by atoms with E-state index in [-0.39, 0.29) is 12.4 Å². The molecule has 1 fully saturated rings. The van der Waals surface area contributed by atoms with Crippen LogP contribution in [0.5, 0.6) is 0 Å². The van der Waals surface area contributed by atoms with Gasteiger partial charge in [0.25, 0.3) is 0 Å². The summed E-state index contributed by atoms with van der Waals surface area (Å²) in [5, 5.41) is -1.03. The van der Waals surface area contributed by atoms with Crippen molar-refractivity contribution in [2.75, 3.05) is 12.4 Å². The van der Waals surface area contributed by atoms with Crippen LogP contribution in [0.4, 0.5) is 4.39 Å². The van der Waals surface area contributed by atoms with Gasteiger partial charge in [-0.05, 0) is 24.6 Å². The van der Waals surface area contributed by atoms with Gasteiger partial charge in [0.1, 0.15) is 11.4 Å². The van der Waals surface area contributed by atoms with Crippen LogP contribution in [0.15, 0.2) is 24.3 Å². The molecule has 0 saturated heterocycles. The molecular weight excluding hydrogens is 297 g/mol. The molecule has 3 atom stereocenters. The summed E-state index contributed by atoms with van der Waals surface area (Å²) < 4.78 is 42.3. The number of hydrogen-bond acceptors (Lipinski definition) is 5. The standard InChI is InChI=1S/C14H18FNO4S/c1-3-20-13(17)14(16)11(12(14)21(18,19)4-2)9-5-7-10(15)8-6-9/h5-8,11-12H,3-4,16H2,1-2H3/t11-,12-,14+/m1/s1. The molecular formula is C14H18FNO4S. The topological polar surface area (TPSA) is 86.5 Å². The molecule has 0 aromatic heterocycles. The van der Waals surface area contributed by atoms with E-state index in [1.165, 1.54) is 31.2 Å². The van der Waals surface area contributed by atoms with Crippen molar-refractivity contribution >= 4 is 15.8 Å². The van der Waals surface area contributed by atoms with Gasteiger partial charge < -0.3 is 10.5 Å². The summed E-state index contributed by atoms with van der Waals surface area (Å²) in [5.74, 6) is -2.00. The Labute approximate surface area is 123 Å². The molecule has 21 heavy (non-hydrogen) atoms. The average molecular weight is 315 g/mol. The highest BCUT2D eigenvalue weighted by atomic mass is 32.2. The number of ether oxygens (including phenoxy) is 1. The molecule has 1 aromatic carbocycles. The van der Waals surface area contributed by atoms with E-state index in [9.17, 15) is 17.6 Å². The summed E-state index contributed by atoms with van der Waals surface area (Å²) in [5.41, 5.74) is 4.98. The first-order valence-electron chi connectivity index (χ1n) is 6.72. The van der Waals surface area contributed by atoms with Crippen molar-refractivity contribution in [3.8, 4) is 0 Å². The van der Waals surface area contributed by atoms with Crippen LogP contribution in [0.2, 0.25) is 0 Å². The molecule has 0 amide bonds. The van der Waals surface area contributed by atoms with Gasteiger partial charge in [-0.2, -0.15) is 0 Å². The van der Waals surface area contributed by atoms with E-state index < -0.39 is 38.3 Å². The Morgan fingerprint density at radius 1 is 1.33 bits per heavy atom. The van der Waals surface area contributed by atoms with Gasteiger partial charge in [0.05, 0.1) is 11.9 Å². The minimum Gasteiger partial charge on any atom is -0.465 e. The van der Waals surface area contributed by atoms with E-state index in [0.717, 1.165) is 0 Å². The van der Waals surface area contributed by atoms with Gasteiger partial charge in [-0.15, -0.1) is 0 Å². The lowest BCUT2D eigenvalue weighted by Gasteiger charge is -2.10. The fraction of sp³-hybridized carbons (Fsp3) is 0.500. The van der Waals surface area contributed by atoms with Crippen molar-refractivity contribution in [2.24, 2.45) is 5.73 Å². The molecule has 5 nitrogen and oxygen atoms in total. The van der Waals surface area contributed by atoms with E-state index in [4.69, 9.17) is 10.5 Å². The van der Waals surface area contributed by atoms with Gasteiger partial charge in [-0.3, -0.25) is 0 Å². The zero-order chi connectivity index (χ0) is 15.8. The van der Waals surface area contributed by atoms with Crippen molar-refractivity contribution in [1.29, 1.82) is 0 Å². The second-order valence-corrected chi connectivity index (χ2v) is 7.47. The van der Waals surface area contributed by atoms with Crippen molar-refractivity contribution in [3.05, 3.63) is 35.6 Å².